The number of aromatic nitrogens is 1. The molecule has 2 amide bonds. The molecular weight excluding hydrogens is 531 g/mol. The topological polar surface area (TPSA) is 124 Å². The molecule has 0 radical (unpaired) electrons. The lowest BCUT2D eigenvalue weighted by atomic mass is 9.87. The van der Waals surface area contributed by atoms with E-state index in [1.165, 1.54) is 17.2 Å². The number of nitrogens with one attached hydrogen (secondary N) is 1. The second-order valence-electron chi connectivity index (χ2n) is 8.62. The first-order chi connectivity index (χ1) is 18.6. The molecule has 1 fully saturated rings. The lowest BCUT2D eigenvalue weighted by Crippen LogP contribution is -2.65. The molecule has 1 aliphatic heterocycles. The number of carboxylic acids is 2. The van der Waals surface area contributed by atoms with Crippen molar-refractivity contribution in [3.8, 4) is 0 Å². The minimum absolute atomic E-state index is 0.308. The van der Waals surface area contributed by atoms with Crippen molar-refractivity contribution < 1.29 is 33.9 Å². The largest absolute Gasteiger partial charge is 0.478 e. The number of nitrogens with zero attached hydrogens (tertiary/aromatic N) is 3. The number of hydrogen-bond donors (Lipinski definition) is 3. The van der Waals surface area contributed by atoms with Crippen molar-refractivity contribution in [1.29, 1.82) is 0 Å². The zero-order valence-corrected chi connectivity index (χ0v) is 22.4. The SMILES string of the molecule is CCNC1(C(C)c2ccc(F)cc2)C(Cl)N(CC)C(=O)N1On1ccc2ccccc21.O=C(O)C=CC(=O)O. The van der Waals surface area contributed by atoms with Gasteiger partial charge in [0.05, 0.1) is 5.52 Å². The number of fused-ring (bicyclic) bond motifs is 1. The fourth-order valence-electron chi connectivity index (χ4n) is 4.44. The zero-order valence-electron chi connectivity index (χ0n) is 21.6. The van der Waals surface area contributed by atoms with Crippen LogP contribution >= 0.6 is 11.6 Å². The lowest BCUT2D eigenvalue weighted by molar-refractivity contribution is -0.181. The van der Waals surface area contributed by atoms with Crippen LogP contribution in [0.3, 0.4) is 0 Å². The van der Waals surface area contributed by atoms with E-state index in [-0.39, 0.29) is 17.8 Å². The molecule has 1 saturated heterocycles. The van der Waals surface area contributed by atoms with Crippen molar-refractivity contribution >= 4 is 40.5 Å². The van der Waals surface area contributed by atoms with E-state index in [9.17, 15) is 18.8 Å². The third kappa shape index (κ3) is 6.15. The summed E-state index contributed by atoms with van der Waals surface area (Å²) in [6.07, 6.45) is 2.89. The standard InChI is InChI=1S/C23H26ClFN4O2.C4H4O4/c1-4-26-23(16(3)17-10-12-19(25)13-11-17)21(24)27(5-2)22(30)29(23)31-28-15-14-18-8-6-7-9-20(18)28;5-3(6)1-2-4(7)8/h6-16,21,26H,4-5H2,1-3H3;1-2H,(H,5,6)(H,7,8). The van der Waals surface area contributed by atoms with Crippen LogP contribution in [0.25, 0.3) is 10.9 Å². The van der Waals surface area contributed by atoms with Crippen LogP contribution in [-0.2, 0) is 9.59 Å². The second-order valence-corrected chi connectivity index (χ2v) is 9.03. The quantitative estimate of drug-likeness (QED) is 0.203. The van der Waals surface area contributed by atoms with Crippen LogP contribution in [0.15, 0.2) is 72.9 Å². The van der Waals surface area contributed by atoms with E-state index in [4.69, 9.17) is 26.8 Å². The van der Waals surface area contributed by atoms with Gasteiger partial charge in [0.1, 0.15) is 11.3 Å². The van der Waals surface area contributed by atoms with Crippen molar-refractivity contribution in [2.75, 3.05) is 13.1 Å². The third-order valence-electron chi connectivity index (χ3n) is 6.32. The first-order valence-corrected chi connectivity index (χ1v) is 12.6. The number of carboxylic acid groups (broad SMARTS) is 2. The number of rotatable bonds is 9. The van der Waals surface area contributed by atoms with Gasteiger partial charge in [-0.3, -0.25) is 10.3 Å². The first kappa shape index (κ1) is 29.5. The molecule has 3 unspecified atom stereocenters. The number of amides is 2. The number of hydroxylamine groups is 2. The number of alkyl halides is 1. The van der Waals surface area contributed by atoms with Crippen molar-refractivity contribution in [1.82, 2.24) is 20.0 Å². The van der Waals surface area contributed by atoms with Gasteiger partial charge in [0, 0.05) is 36.2 Å². The number of hydrogen-bond acceptors (Lipinski definition) is 5. The number of halogens is 2. The Morgan fingerprint density at radius 1 is 1.10 bits per heavy atom. The Morgan fingerprint density at radius 2 is 1.72 bits per heavy atom. The molecule has 208 valence electrons. The molecule has 12 heteroatoms. The Morgan fingerprint density at radius 3 is 2.28 bits per heavy atom. The number of urea groups is 1. The van der Waals surface area contributed by atoms with Crippen LogP contribution in [0.5, 0.6) is 0 Å². The number of carbonyl (C=O) groups is 3. The molecule has 1 aliphatic rings. The molecule has 39 heavy (non-hydrogen) atoms. The molecule has 10 nitrogen and oxygen atoms in total. The molecule has 3 atom stereocenters. The summed E-state index contributed by atoms with van der Waals surface area (Å²) in [6.45, 7) is 6.75. The van der Waals surface area contributed by atoms with Gasteiger partial charge in [-0.25, -0.2) is 18.8 Å². The van der Waals surface area contributed by atoms with Gasteiger partial charge in [0.2, 0.25) is 0 Å². The number of para-hydroxylation sites is 1. The summed E-state index contributed by atoms with van der Waals surface area (Å²) in [4.78, 5) is 40.3. The molecule has 2 heterocycles. The van der Waals surface area contributed by atoms with Crippen molar-refractivity contribution in [3.63, 3.8) is 0 Å². The van der Waals surface area contributed by atoms with Crippen LogP contribution in [0.4, 0.5) is 9.18 Å². The van der Waals surface area contributed by atoms with E-state index in [1.54, 1.807) is 28.0 Å². The normalized spacial score (nSPS) is 19.7. The number of benzene rings is 2. The predicted molar refractivity (Wildman–Crippen MR) is 143 cm³/mol. The summed E-state index contributed by atoms with van der Waals surface area (Å²) in [7, 11) is 0. The molecular formula is C27H30ClFN4O6. The van der Waals surface area contributed by atoms with Crippen LogP contribution in [0.1, 0.15) is 32.3 Å². The molecule has 0 spiro atoms. The average molecular weight is 561 g/mol. The average Bonchev–Trinajstić information content (AvgIpc) is 3.41. The number of likely N-dealkylation sites (N-methyl/N-ethyl adjacent to an activating group) is 2. The fraction of sp³-hybridized carbons (Fsp3) is 0.296. The molecule has 0 bridgehead atoms. The summed E-state index contributed by atoms with van der Waals surface area (Å²) >= 11 is 6.94. The van der Waals surface area contributed by atoms with Crippen LogP contribution in [0.2, 0.25) is 0 Å². The maximum Gasteiger partial charge on any atom is 0.358 e. The highest BCUT2D eigenvalue weighted by atomic mass is 35.5. The van der Waals surface area contributed by atoms with E-state index in [1.807, 2.05) is 51.1 Å². The molecule has 2 aromatic carbocycles. The zero-order chi connectivity index (χ0) is 28.7. The first-order valence-electron chi connectivity index (χ1n) is 12.2. The van der Waals surface area contributed by atoms with Gasteiger partial charge in [0.15, 0.2) is 5.66 Å². The van der Waals surface area contributed by atoms with Gasteiger partial charge in [-0.15, -0.1) is 5.06 Å². The van der Waals surface area contributed by atoms with Gasteiger partial charge in [-0.2, -0.15) is 4.73 Å². The Balaban J connectivity index is 0.000000459. The Kier molecular flexibility index (Phi) is 9.55. The summed E-state index contributed by atoms with van der Waals surface area (Å²) in [6, 6.07) is 15.6. The minimum atomic E-state index is -1.26. The van der Waals surface area contributed by atoms with Gasteiger partial charge in [-0.1, -0.05) is 55.8 Å². The van der Waals surface area contributed by atoms with Gasteiger partial charge in [-0.05, 0) is 43.3 Å². The molecule has 0 saturated carbocycles. The van der Waals surface area contributed by atoms with Crippen LogP contribution in [0, 0.1) is 5.82 Å². The monoisotopic (exact) mass is 560 g/mol. The Bertz CT molecular complexity index is 1330. The van der Waals surface area contributed by atoms with E-state index < -0.39 is 23.1 Å². The van der Waals surface area contributed by atoms with Crippen molar-refractivity contribution in [2.45, 2.75) is 37.9 Å². The molecule has 1 aromatic heterocycles. The summed E-state index contributed by atoms with van der Waals surface area (Å²) in [5, 5.41) is 21.4. The van der Waals surface area contributed by atoms with Crippen molar-refractivity contribution in [2.24, 2.45) is 0 Å². The number of aliphatic carboxylic acids is 2. The van der Waals surface area contributed by atoms with E-state index in [0.717, 1.165) is 16.5 Å². The predicted octanol–water partition coefficient (Wildman–Crippen LogP) is 4.27. The highest BCUT2D eigenvalue weighted by Crippen LogP contribution is 2.43. The Labute approximate surface area is 229 Å². The second kappa shape index (κ2) is 12.6. The minimum Gasteiger partial charge on any atom is -0.478 e. The van der Waals surface area contributed by atoms with E-state index in [0.29, 0.717) is 25.2 Å². The number of carbonyl (C=O) groups excluding carboxylic acids is 1. The summed E-state index contributed by atoms with van der Waals surface area (Å²) < 4.78 is 15.1. The van der Waals surface area contributed by atoms with Gasteiger partial charge >= 0.3 is 18.0 Å². The fourth-order valence-corrected chi connectivity index (χ4v) is 5.02. The molecule has 4 rings (SSSR count). The van der Waals surface area contributed by atoms with Crippen LogP contribution < -0.4 is 10.3 Å². The van der Waals surface area contributed by atoms with E-state index in [2.05, 4.69) is 5.32 Å². The maximum atomic E-state index is 13.6. The molecule has 3 aromatic rings. The summed E-state index contributed by atoms with van der Waals surface area (Å²) in [5.74, 6) is -3.14. The van der Waals surface area contributed by atoms with E-state index >= 15 is 0 Å². The third-order valence-corrected chi connectivity index (χ3v) is 6.89. The molecule has 3 N–H and O–H groups in total. The Hall–Kier alpha value is -4.09. The highest BCUT2D eigenvalue weighted by Gasteiger charge is 2.62. The van der Waals surface area contributed by atoms with Crippen LogP contribution in [-0.4, -0.2) is 67.1 Å². The lowest BCUT2D eigenvalue weighted by Gasteiger charge is -2.42. The summed E-state index contributed by atoms with van der Waals surface area (Å²) in [5.41, 5.74) is -0.139. The van der Waals surface area contributed by atoms with Crippen molar-refractivity contribution in [3.05, 3.63) is 84.3 Å². The van der Waals surface area contributed by atoms with Gasteiger partial charge < -0.3 is 15.1 Å². The van der Waals surface area contributed by atoms with Gasteiger partial charge in [0.25, 0.3) is 0 Å². The maximum absolute atomic E-state index is 13.6. The smallest absolute Gasteiger partial charge is 0.358 e. The molecule has 0 aliphatic carbocycles. The highest BCUT2D eigenvalue weighted by molar-refractivity contribution is 6.23.